The first-order valence-corrected chi connectivity index (χ1v) is 6.03. The van der Waals surface area contributed by atoms with E-state index in [2.05, 4.69) is 0 Å². The third-order valence-electron chi connectivity index (χ3n) is 1.14. The maximum absolute atomic E-state index is 9.77. The molecule has 0 atom stereocenters. The number of allylic oxidation sites excluding steroid dienone is 1. The standard InChI is InChI=1S/C9H7O.3C2H6.Y/c10-8-4-7-9-5-2-1-3-6-9;3*1-2;/h1-7H;3*1-2H3;/q-1;;;;. The molecule has 2 heteroatoms. The quantitative estimate of drug-likeness (QED) is 0.562. The van der Waals surface area contributed by atoms with Gasteiger partial charge in [0.25, 0.3) is 0 Å². The molecule has 0 aromatic heterocycles. The number of carbonyl (C=O) groups excluding carboxylic acids is 1. The second-order valence-corrected chi connectivity index (χ2v) is 1.86. The predicted molar refractivity (Wildman–Crippen MR) is 75.2 cm³/mol. The summed E-state index contributed by atoms with van der Waals surface area (Å²) in [6.45, 7) is 12.0. The zero-order chi connectivity index (χ0) is 13.2. The summed E-state index contributed by atoms with van der Waals surface area (Å²) < 4.78 is 0. The molecule has 0 saturated carbocycles. The molecule has 1 radical (unpaired) electrons. The number of benzene rings is 1. The summed E-state index contributed by atoms with van der Waals surface area (Å²) in [5, 5.41) is 0. The fourth-order valence-corrected chi connectivity index (χ4v) is 0.694. The fourth-order valence-electron chi connectivity index (χ4n) is 0.694. The van der Waals surface area contributed by atoms with Gasteiger partial charge in [0.1, 0.15) is 0 Å². The Morgan fingerprint density at radius 1 is 0.882 bits per heavy atom. The summed E-state index contributed by atoms with van der Waals surface area (Å²) >= 11 is 0. The van der Waals surface area contributed by atoms with E-state index < -0.39 is 0 Å². The van der Waals surface area contributed by atoms with Crippen LogP contribution in [-0.4, -0.2) is 6.29 Å². The Morgan fingerprint density at radius 3 is 1.65 bits per heavy atom. The summed E-state index contributed by atoms with van der Waals surface area (Å²) in [6.07, 6.45) is 4.76. The molecule has 0 aliphatic carbocycles. The van der Waals surface area contributed by atoms with Crippen molar-refractivity contribution in [2.45, 2.75) is 41.5 Å². The Balaban J connectivity index is -0.000000106. The van der Waals surface area contributed by atoms with E-state index in [1.54, 1.807) is 12.4 Å². The maximum atomic E-state index is 9.77. The number of rotatable bonds is 2. The van der Waals surface area contributed by atoms with Gasteiger partial charge in [-0.2, -0.15) is 6.08 Å². The van der Waals surface area contributed by atoms with Crippen molar-refractivity contribution in [1.29, 1.82) is 0 Å². The van der Waals surface area contributed by atoms with E-state index >= 15 is 0 Å². The molecule has 1 rings (SSSR count). The molecule has 1 aromatic rings. The molecule has 0 amide bonds. The molecule has 0 aliphatic rings. The van der Waals surface area contributed by atoms with Crippen molar-refractivity contribution in [3.8, 4) is 0 Å². The molecule has 0 N–H and O–H groups in total. The van der Waals surface area contributed by atoms with Gasteiger partial charge in [0.2, 0.25) is 0 Å². The Bertz CT molecular complexity index is 230. The molecule has 0 aliphatic heterocycles. The van der Waals surface area contributed by atoms with Crippen molar-refractivity contribution < 1.29 is 37.5 Å². The van der Waals surface area contributed by atoms with Gasteiger partial charge in [-0.05, 0) is 6.29 Å². The van der Waals surface area contributed by atoms with Crippen molar-refractivity contribution in [3.05, 3.63) is 42.0 Å². The third kappa shape index (κ3) is 21.6. The van der Waals surface area contributed by atoms with Crippen LogP contribution in [0.15, 0.2) is 36.4 Å². The van der Waals surface area contributed by atoms with E-state index in [1.165, 1.54) is 6.08 Å². The predicted octanol–water partition coefficient (Wildman–Crippen LogP) is 4.89. The topological polar surface area (TPSA) is 17.1 Å². The molecule has 0 saturated heterocycles. The SMILES string of the molecule is CC.CC.CC.O=[C-]C=Cc1ccccc1.[Y]. The molecule has 0 spiro atoms. The minimum Gasteiger partial charge on any atom is -0.419 e. The average molecular weight is 310 g/mol. The second-order valence-electron chi connectivity index (χ2n) is 1.86. The van der Waals surface area contributed by atoms with Gasteiger partial charge < -0.3 is 4.79 Å². The molecule has 0 bridgehead atoms. The van der Waals surface area contributed by atoms with Crippen LogP contribution < -0.4 is 0 Å². The second kappa shape index (κ2) is 29.6. The van der Waals surface area contributed by atoms with E-state index in [1.807, 2.05) is 71.9 Å². The Hall–Kier alpha value is -0.266. The van der Waals surface area contributed by atoms with Crippen LogP contribution >= 0.6 is 0 Å². The molecule has 1 aromatic carbocycles. The Morgan fingerprint density at radius 2 is 1.29 bits per heavy atom. The van der Waals surface area contributed by atoms with E-state index in [4.69, 9.17) is 0 Å². The van der Waals surface area contributed by atoms with Crippen molar-refractivity contribution in [1.82, 2.24) is 0 Å². The van der Waals surface area contributed by atoms with E-state index in [0.29, 0.717) is 0 Å². The van der Waals surface area contributed by atoms with Crippen molar-refractivity contribution in [2.75, 3.05) is 0 Å². The molecule has 0 heterocycles. The summed E-state index contributed by atoms with van der Waals surface area (Å²) in [4.78, 5) is 9.77. The first kappa shape index (κ1) is 25.5. The van der Waals surface area contributed by atoms with Crippen LogP contribution in [0.2, 0.25) is 0 Å². The zero-order valence-electron chi connectivity index (χ0n) is 12.0. The largest absolute Gasteiger partial charge is 0.419 e. The minimum atomic E-state index is 0. The normalized spacial score (nSPS) is 6.94. The smallest absolute Gasteiger partial charge is 0 e. The maximum Gasteiger partial charge on any atom is 0 e. The summed E-state index contributed by atoms with van der Waals surface area (Å²) in [7, 11) is 0. The van der Waals surface area contributed by atoms with Crippen molar-refractivity contribution >= 4 is 12.4 Å². The van der Waals surface area contributed by atoms with Gasteiger partial charge in [0, 0.05) is 32.7 Å². The number of hydrogen-bond donors (Lipinski definition) is 0. The molecule has 0 fully saturated rings. The van der Waals surface area contributed by atoms with Gasteiger partial charge in [-0.3, -0.25) is 0 Å². The Kier molecular flexibility index (Phi) is 44.6. The van der Waals surface area contributed by atoms with E-state index in [0.717, 1.165) is 5.56 Å². The van der Waals surface area contributed by atoms with Crippen LogP contribution in [0.3, 0.4) is 0 Å². The van der Waals surface area contributed by atoms with E-state index in [-0.39, 0.29) is 32.7 Å². The van der Waals surface area contributed by atoms with Crippen LogP contribution in [0.1, 0.15) is 47.1 Å². The first-order valence-electron chi connectivity index (χ1n) is 6.03. The molecule has 95 valence electrons. The van der Waals surface area contributed by atoms with Gasteiger partial charge in [0.15, 0.2) is 0 Å². The summed E-state index contributed by atoms with van der Waals surface area (Å²) in [5.74, 6) is 0. The molecule has 0 unspecified atom stereocenters. The van der Waals surface area contributed by atoms with Crippen LogP contribution in [0.4, 0.5) is 0 Å². The van der Waals surface area contributed by atoms with Gasteiger partial charge in [-0.1, -0.05) is 71.9 Å². The van der Waals surface area contributed by atoms with Crippen LogP contribution in [0.25, 0.3) is 6.08 Å². The fraction of sp³-hybridized carbons (Fsp3) is 0.400. The molecular formula is C15H25OY-. The van der Waals surface area contributed by atoms with Crippen molar-refractivity contribution in [3.63, 3.8) is 0 Å². The van der Waals surface area contributed by atoms with Gasteiger partial charge in [0.05, 0.1) is 0 Å². The monoisotopic (exact) mass is 310 g/mol. The van der Waals surface area contributed by atoms with Crippen LogP contribution in [-0.2, 0) is 37.5 Å². The third-order valence-corrected chi connectivity index (χ3v) is 1.14. The minimum absolute atomic E-state index is 0. The van der Waals surface area contributed by atoms with Crippen LogP contribution in [0.5, 0.6) is 0 Å². The first-order chi connectivity index (χ1) is 7.93. The number of hydrogen-bond acceptors (Lipinski definition) is 1. The zero-order valence-corrected chi connectivity index (χ0v) is 14.9. The van der Waals surface area contributed by atoms with Gasteiger partial charge in [-0.15, -0.1) is 5.56 Å². The average Bonchev–Trinajstić information content (AvgIpc) is 2.44. The van der Waals surface area contributed by atoms with Crippen LogP contribution in [0, 0.1) is 0 Å². The van der Waals surface area contributed by atoms with Gasteiger partial charge in [-0.25, -0.2) is 6.08 Å². The Labute approximate surface area is 133 Å². The summed E-state index contributed by atoms with van der Waals surface area (Å²) in [5.41, 5.74) is 1.02. The van der Waals surface area contributed by atoms with E-state index in [9.17, 15) is 4.79 Å². The summed E-state index contributed by atoms with van der Waals surface area (Å²) in [6, 6.07) is 9.62. The molecule has 17 heavy (non-hydrogen) atoms. The molecular weight excluding hydrogens is 285 g/mol. The van der Waals surface area contributed by atoms with Gasteiger partial charge >= 0.3 is 0 Å². The van der Waals surface area contributed by atoms with Crippen molar-refractivity contribution in [2.24, 2.45) is 0 Å². The molecule has 1 nitrogen and oxygen atoms in total.